The number of fused-ring (bicyclic) bond motifs is 18. The van der Waals surface area contributed by atoms with Crippen LogP contribution < -0.4 is 0 Å². The topological polar surface area (TPSA) is 30.7 Å². The van der Waals surface area contributed by atoms with Crippen LogP contribution in [-0.2, 0) is 5.41 Å². The first-order chi connectivity index (χ1) is 28.8. The lowest BCUT2D eigenvalue weighted by atomic mass is 9.70. The van der Waals surface area contributed by atoms with Crippen LogP contribution in [0.3, 0.4) is 0 Å². The zero-order chi connectivity index (χ0) is 38.0. The Morgan fingerprint density at radius 2 is 0.983 bits per heavy atom. The molecule has 3 heterocycles. The highest BCUT2D eigenvalue weighted by Gasteiger charge is 2.53. The fourth-order valence-electron chi connectivity index (χ4n) is 10.6. The molecule has 0 bridgehead atoms. The Kier molecular flexibility index (Phi) is 6.37. The van der Waals surface area contributed by atoms with Crippen LogP contribution in [0.15, 0.2) is 200 Å². The first-order valence-electron chi connectivity index (χ1n) is 20.0. The van der Waals surface area contributed by atoms with Gasteiger partial charge in [0, 0.05) is 27.3 Å². The van der Waals surface area contributed by atoms with Gasteiger partial charge in [0.25, 0.3) is 0 Å². The van der Waals surface area contributed by atoms with Crippen molar-refractivity contribution >= 4 is 43.6 Å². The molecule has 0 saturated heterocycles. The zero-order valence-electron chi connectivity index (χ0n) is 31.4. The van der Waals surface area contributed by atoms with Crippen molar-refractivity contribution < 1.29 is 0 Å². The maximum absolute atomic E-state index is 5.25. The van der Waals surface area contributed by atoms with E-state index in [0.29, 0.717) is 0 Å². The van der Waals surface area contributed by atoms with Gasteiger partial charge >= 0.3 is 0 Å². The van der Waals surface area contributed by atoms with Crippen LogP contribution >= 0.6 is 0 Å². The number of para-hydroxylation sites is 1. The Morgan fingerprint density at radius 1 is 0.431 bits per heavy atom. The second kappa shape index (κ2) is 11.7. The van der Waals surface area contributed by atoms with E-state index < -0.39 is 5.41 Å². The van der Waals surface area contributed by atoms with Gasteiger partial charge in [-0.3, -0.25) is 0 Å². The second-order valence-corrected chi connectivity index (χ2v) is 15.6. The lowest BCUT2D eigenvalue weighted by Gasteiger charge is -2.31. The average molecular weight is 736 g/mol. The minimum absolute atomic E-state index is 0.543. The molecule has 0 saturated carbocycles. The van der Waals surface area contributed by atoms with Gasteiger partial charge in [-0.2, -0.15) is 0 Å². The van der Waals surface area contributed by atoms with E-state index in [1.807, 2.05) is 12.3 Å². The predicted molar refractivity (Wildman–Crippen MR) is 239 cm³/mol. The molecule has 1 spiro atoms. The van der Waals surface area contributed by atoms with Crippen LogP contribution in [0.1, 0.15) is 22.3 Å². The van der Waals surface area contributed by atoms with E-state index in [9.17, 15) is 0 Å². The van der Waals surface area contributed by atoms with Crippen LogP contribution in [0.2, 0.25) is 0 Å². The van der Waals surface area contributed by atoms with Crippen molar-refractivity contribution in [3.63, 3.8) is 0 Å². The fourth-order valence-corrected chi connectivity index (χ4v) is 10.6. The van der Waals surface area contributed by atoms with Gasteiger partial charge in [-0.25, -0.2) is 9.97 Å². The smallest absolute Gasteiger partial charge is 0.160 e. The molecule has 0 unspecified atom stereocenters. The van der Waals surface area contributed by atoms with Gasteiger partial charge in [0.05, 0.1) is 34.0 Å². The van der Waals surface area contributed by atoms with Crippen LogP contribution in [0, 0.1) is 0 Å². The minimum Gasteiger partial charge on any atom is -0.307 e. The summed E-state index contributed by atoms with van der Waals surface area (Å²) in [5.74, 6) is 0. The number of hydrogen-bond donors (Lipinski definition) is 0. The number of pyridine rings is 2. The Balaban J connectivity index is 1.23. The van der Waals surface area contributed by atoms with E-state index in [-0.39, 0.29) is 0 Å². The monoisotopic (exact) mass is 735 g/mol. The van der Waals surface area contributed by atoms with E-state index >= 15 is 0 Å². The molecule has 2 aliphatic rings. The number of aromatic nitrogens is 3. The highest BCUT2D eigenvalue weighted by molar-refractivity contribution is 6.28. The molecule has 0 atom stereocenters. The summed E-state index contributed by atoms with van der Waals surface area (Å²) in [5.41, 5.74) is 18.3. The number of nitrogens with zero attached hydrogens (tertiary/aromatic N) is 3. The number of hydrogen-bond acceptors (Lipinski definition) is 2. The molecule has 13 rings (SSSR count). The SMILES string of the molecule is c1ccc(-c2cc(-c3ccccc3)c3cc(-n4c5ccccc5c5c6ccccc6c6c(c54)C4(c5ccccc5-c5ccccc54)c4ccccc4-6)cnc3n2)cc1. The van der Waals surface area contributed by atoms with Crippen LogP contribution in [-0.4, -0.2) is 14.5 Å². The van der Waals surface area contributed by atoms with Crippen LogP contribution in [0.25, 0.3) is 93.9 Å². The highest BCUT2D eigenvalue weighted by Crippen LogP contribution is 2.66. The first-order valence-corrected chi connectivity index (χ1v) is 20.0. The van der Waals surface area contributed by atoms with Crippen molar-refractivity contribution in [2.75, 3.05) is 0 Å². The molecular formula is C55H33N3. The van der Waals surface area contributed by atoms with E-state index in [4.69, 9.17) is 9.97 Å². The third-order valence-corrected chi connectivity index (χ3v) is 12.8. The number of benzene rings is 8. The zero-order valence-corrected chi connectivity index (χ0v) is 31.4. The summed E-state index contributed by atoms with van der Waals surface area (Å²) in [7, 11) is 0. The van der Waals surface area contributed by atoms with Gasteiger partial charge in [0.1, 0.15) is 0 Å². The van der Waals surface area contributed by atoms with E-state index in [0.717, 1.165) is 44.6 Å². The van der Waals surface area contributed by atoms with Crippen LogP contribution in [0.4, 0.5) is 0 Å². The standard InChI is InChI=1S/C55H33N3/c1-3-17-34(18-4-1)43-32-48(35-19-5-2-6-20-35)57-54-44(43)31-36(33-56-54)58-49-30-16-12-26-42(49)51-40-24-8-7-23-39(40)50-41-25-11-15-29-47(41)55(52(50)53(51)58)45-27-13-9-21-37(45)38-22-10-14-28-46(38)55/h1-33H. The van der Waals surface area contributed by atoms with Gasteiger partial charge in [0.2, 0.25) is 0 Å². The lowest BCUT2D eigenvalue weighted by Crippen LogP contribution is -2.26. The Labute approximate surface area is 335 Å². The Hall–Kier alpha value is -7.62. The fraction of sp³-hybridized carbons (Fsp3) is 0.0182. The summed E-state index contributed by atoms with van der Waals surface area (Å²) < 4.78 is 2.51. The average Bonchev–Trinajstić information content (AvgIpc) is 3.92. The van der Waals surface area contributed by atoms with Gasteiger partial charge < -0.3 is 4.57 Å². The van der Waals surface area contributed by atoms with E-state index in [1.165, 1.54) is 71.6 Å². The highest BCUT2D eigenvalue weighted by atomic mass is 15.0. The summed E-state index contributed by atoms with van der Waals surface area (Å²) in [6, 6.07) is 70.9. The van der Waals surface area contributed by atoms with E-state index in [2.05, 4.69) is 193 Å². The van der Waals surface area contributed by atoms with Gasteiger partial charge in [-0.1, -0.05) is 176 Å². The van der Waals surface area contributed by atoms with Gasteiger partial charge in [0.15, 0.2) is 5.65 Å². The summed E-state index contributed by atoms with van der Waals surface area (Å²) in [4.78, 5) is 10.4. The normalized spacial score (nSPS) is 13.3. The summed E-state index contributed by atoms with van der Waals surface area (Å²) in [5, 5.41) is 6.04. The maximum atomic E-state index is 5.25. The second-order valence-electron chi connectivity index (χ2n) is 15.6. The summed E-state index contributed by atoms with van der Waals surface area (Å²) in [6.45, 7) is 0. The Bertz CT molecular complexity index is 3460. The van der Waals surface area contributed by atoms with Crippen molar-refractivity contribution in [2.24, 2.45) is 0 Å². The molecule has 2 aliphatic carbocycles. The summed E-state index contributed by atoms with van der Waals surface area (Å²) >= 11 is 0. The molecule has 0 radical (unpaired) electrons. The van der Waals surface area contributed by atoms with Gasteiger partial charge in [-0.15, -0.1) is 0 Å². The molecule has 8 aromatic carbocycles. The molecule has 0 N–H and O–H groups in total. The van der Waals surface area contributed by atoms with Crippen molar-refractivity contribution in [1.29, 1.82) is 0 Å². The molecule has 11 aromatic rings. The molecule has 268 valence electrons. The molecule has 0 amide bonds. The van der Waals surface area contributed by atoms with Crippen molar-refractivity contribution in [2.45, 2.75) is 5.41 Å². The third-order valence-electron chi connectivity index (χ3n) is 12.8. The number of rotatable bonds is 3. The Morgan fingerprint density at radius 3 is 1.69 bits per heavy atom. The molecule has 3 aromatic heterocycles. The predicted octanol–water partition coefficient (Wildman–Crippen LogP) is 13.6. The van der Waals surface area contributed by atoms with Crippen molar-refractivity contribution in [1.82, 2.24) is 14.5 Å². The lowest BCUT2D eigenvalue weighted by molar-refractivity contribution is 0.797. The molecule has 3 heteroatoms. The van der Waals surface area contributed by atoms with Crippen LogP contribution in [0.5, 0.6) is 0 Å². The minimum atomic E-state index is -0.543. The molecular weight excluding hydrogens is 703 g/mol. The molecule has 3 nitrogen and oxygen atoms in total. The van der Waals surface area contributed by atoms with Gasteiger partial charge in [-0.05, 0) is 79.0 Å². The molecule has 58 heavy (non-hydrogen) atoms. The third kappa shape index (κ3) is 4.02. The first kappa shape index (κ1) is 31.6. The summed E-state index contributed by atoms with van der Waals surface area (Å²) in [6.07, 6.45) is 2.04. The molecule has 0 aliphatic heterocycles. The largest absolute Gasteiger partial charge is 0.307 e. The van der Waals surface area contributed by atoms with Crippen molar-refractivity contribution in [3.8, 4) is 50.3 Å². The maximum Gasteiger partial charge on any atom is 0.160 e. The van der Waals surface area contributed by atoms with Crippen molar-refractivity contribution in [3.05, 3.63) is 223 Å². The quantitative estimate of drug-likeness (QED) is 0.181. The molecule has 0 fully saturated rings. The van der Waals surface area contributed by atoms with E-state index in [1.54, 1.807) is 0 Å².